The van der Waals surface area contributed by atoms with Crippen LogP contribution in [0.15, 0.2) is 66.7 Å². The Morgan fingerprint density at radius 3 is 2.39 bits per heavy atom. The van der Waals surface area contributed by atoms with Crippen LogP contribution in [0.25, 0.3) is 11.1 Å². The molecule has 3 N–H and O–H groups in total. The van der Waals surface area contributed by atoms with E-state index < -0.39 is 0 Å². The van der Waals surface area contributed by atoms with Gasteiger partial charge in [-0.1, -0.05) is 54.1 Å². The van der Waals surface area contributed by atoms with E-state index in [1.807, 2.05) is 66.7 Å². The maximum absolute atomic E-state index is 6.13. The Morgan fingerprint density at radius 2 is 1.61 bits per heavy atom. The summed E-state index contributed by atoms with van der Waals surface area (Å²) in [5.74, 6) is 0.825. The van der Waals surface area contributed by atoms with E-state index in [0.717, 1.165) is 33.8 Å². The minimum Gasteiger partial charge on any atom is -0.464 e. The van der Waals surface area contributed by atoms with Crippen LogP contribution in [0.2, 0.25) is 5.02 Å². The molecule has 114 valence electrons. The number of nitrogens with one attached hydrogen (secondary N) is 1. The van der Waals surface area contributed by atoms with Gasteiger partial charge in [0.1, 0.15) is 5.75 Å². The van der Waals surface area contributed by atoms with E-state index in [0.29, 0.717) is 5.02 Å². The second-order valence-corrected chi connectivity index (χ2v) is 5.90. The molecule has 1 aliphatic rings. The highest BCUT2D eigenvalue weighted by Crippen LogP contribution is 2.45. The van der Waals surface area contributed by atoms with Gasteiger partial charge in [0.05, 0.1) is 5.69 Å². The molecule has 0 spiro atoms. The number of anilines is 2. The van der Waals surface area contributed by atoms with E-state index in [4.69, 9.17) is 22.1 Å². The van der Waals surface area contributed by atoms with Gasteiger partial charge in [0.25, 0.3) is 0 Å². The van der Waals surface area contributed by atoms with Crippen LogP contribution in [0.5, 0.6) is 5.75 Å². The summed E-state index contributed by atoms with van der Waals surface area (Å²) < 4.78 is 6.04. The van der Waals surface area contributed by atoms with Crippen molar-refractivity contribution in [2.24, 2.45) is 0 Å². The minimum absolute atomic E-state index is 0.228. The number of nitrogen functional groups attached to an aromatic ring is 1. The maximum atomic E-state index is 6.13. The lowest BCUT2D eigenvalue weighted by atomic mass is 10.0. The molecule has 0 bridgehead atoms. The molecule has 3 aromatic carbocycles. The predicted octanol–water partition coefficient (Wildman–Crippen LogP) is 5.09. The highest BCUT2D eigenvalue weighted by Gasteiger charge is 2.26. The van der Waals surface area contributed by atoms with Crippen LogP contribution in [0, 0.1) is 0 Å². The van der Waals surface area contributed by atoms with Gasteiger partial charge >= 0.3 is 0 Å². The van der Waals surface area contributed by atoms with E-state index in [9.17, 15) is 0 Å². The Morgan fingerprint density at radius 1 is 0.870 bits per heavy atom. The van der Waals surface area contributed by atoms with Crippen molar-refractivity contribution < 1.29 is 4.74 Å². The average molecular weight is 323 g/mol. The predicted molar refractivity (Wildman–Crippen MR) is 94.7 cm³/mol. The Hall–Kier alpha value is -2.65. The van der Waals surface area contributed by atoms with E-state index in [-0.39, 0.29) is 6.23 Å². The molecule has 1 aliphatic heterocycles. The van der Waals surface area contributed by atoms with Gasteiger partial charge in [-0.25, -0.2) is 0 Å². The smallest absolute Gasteiger partial charge is 0.196 e. The lowest BCUT2D eigenvalue weighted by molar-refractivity contribution is 0.260. The lowest BCUT2D eigenvalue weighted by Gasteiger charge is -2.12. The molecule has 0 saturated heterocycles. The third-order valence-electron chi connectivity index (χ3n) is 3.97. The van der Waals surface area contributed by atoms with Crippen molar-refractivity contribution in [2.45, 2.75) is 6.23 Å². The first-order chi connectivity index (χ1) is 11.2. The van der Waals surface area contributed by atoms with Gasteiger partial charge in [0.15, 0.2) is 6.23 Å². The van der Waals surface area contributed by atoms with Crippen LogP contribution in [0.1, 0.15) is 11.8 Å². The van der Waals surface area contributed by atoms with Gasteiger partial charge in [0.2, 0.25) is 0 Å². The largest absolute Gasteiger partial charge is 0.464 e. The number of para-hydroxylation sites is 2. The van der Waals surface area contributed by atoms with Crippen molar-refractivity contribution >= 4 is 23.0 Å². The highest BCUT2D eigenvalue weighted by molar-refractivity contribution is 6.30. The van der Waals surface area contributed by atoms with Gasteiger partial charge in [-0.2, -0.15) is 0 Å². The number of benzene rings is 3. The maximum Gasteiger partial charge on any atom is 0.196 e. The zero-order valence-electron chi connectivity index (χ0n) is 12.3. The molecule has 1 heterocycles. The van der Waals surface area contributed by atoms with Crippen LogP contribution in [0.3, 0.4) is 0 Å². The third-order valence-corrected chi connectivity index (χ3v) is 4.22. The van der Waals surface area contributed by atoms with Crippen LogP contribution >= 0.6 is 11.6 Å². The molecule has 0 radical (unpaired) electrons. The first kappa shape index (κ1) is 14.0. The molecular weight excluding hydrogens is 308 g/mol. The van der Waals surface area contributed by atoms with Gasteiger partial charge in [0, 0.05) is 27.4 Å². The summed E-state index contributed by atoms with van der Waals surface area (Å²) in [6, 6.07) is 21.5. The summed E-state index contributed by atoms with van der Waals surface area (Å²) in [4.78, 5) is 0. The number of hydrogen-bond donors (Lipinski definition) is 2. The number of rotatable bonds is 2. The number of ether oxygens (including phenoxy) is 1. The minimum atomic E-state index is -0.228. The third kappa shape index (κ3) is 2.49. The second kappa shape index (κ2) is 5.52. The fourth-order valence-corrected chi connectivity index (χ4v) is 2.95. The zero-order valence-corrected chi connectivity index (χ0v) is 13.0. The summed E-state index contributed by atoms with van der Waals surface area (Å²) in [6.07, 6.45) is -0.228. The monoisotopic (exact) mass is 322 g/mol. The second-order valence-electron chi connectivity index (χ2n) is 5.46. The quantitative estimate of drug-likeness (QED) is 0.646. The van der Waals surface area contributed by atoms with E-state index in [1.54, 1.807) is 0 Å². The molecular formula is C19H15ClN2O. The highest BCUT2D eigenvalue weighted by atomic mass is 35.5. The van der Waals surface area contributed by atoms with E-state index in [2.05, 4.69) is 5.32 Å². The molecule has 1 atom stereocenters. The molecule has 0 aliphatic carbocycles. The first-order valence-corrected chi connectivity index (χ1v) is 7.77. The zero-order chi connectivity index (χ0) is 15.8. The Bertz CT molecular complexity index is 861. The van der Waals surface area contributed by atoms with Crippen molar-refractivity contribution in [2.75, 3.05) is 11.1 Å². The Labute approximate surface area is 139 Å². The SMILES string of the molecule is Nc1ccccc1-c1cccc2c1NC(c1ccc(Cl)cc1)O2. The molecule has 0 fully saturated rings. The fraction of sp³-hybridized carbons (Fsp3) is 0.0526. The van der Waals surface area contributed by atoms with Gasteiger partial charge in [-0.05, 0) is 24.3 Å². The van der Waals surface area contributed by atoms with E-state index >= 15 is 0 Å². The number of hydrogen-bond acceptors (Lipinski definition) is 3. The molecule has 0 aromatic heterocycles. The van der Waals surface area contributed by atoms with Crippen LogP contribution in [0.4, 0.5) is 11.4 Å². The molecule has 0 amide bonds. The summed E-state index contributed by atoms with van der Waals surface area (Å²) >= 11 is 5.96. The van der Waals surface area contributed by atoms with Crippen LogP contribution < -0.4 is 15.8 Å². The summed E-state index contributed by atoms with van der Waals surface area (Å²) in [5, 5.41) is 4.15. The van der Waals surface area contributed by atoms with Gasteiger partial charge in [-0.3, -0.25) is 0 Å². The normalized spacial score (nSPS) is 15.6. The Kier molecular flexibility index (Phi) is 3.36. The van der Waals surface area contributed by atoms with Crippen molar-refractivity contribution in [1.29, 1.82) is 0 Å². The fourth-order valence-electron chi connectivity index (χ4n) is 2.82. The van der Waals surface area contributed by atoms with Crippen molar-refractivity contribution in [3.05, 3.63) is 77.3 Å². The van der Waals surface area contributed by atoms with Gasteiger partial charge < -0.3 is 15.8 Å². The first-order valence-electron chi connectivity index (χ1n) is 7.39. The van der Waals surface area contributed by atoms with Crippen LogP contribution in [-0.4, -0.2) is 0 Å². The lowest BCUT2D eigenvalue weighted by Crippen LogP contribution is -2.10. The van der Waals surface area contributed by atoms with Crippen LogP contribution in [-0.2, 0) is 0 Å². The summed E-state index contributed by atoms with van der Waals surface area (Å²) in [6.45, 7) is 0. The number of fused-ring (bicyclic) bond motifs is 1. The number of nitrogens with two attached hydrogens (primary N) is 1. The molecule has 3 aromatic rings. The van der Waals surface area contributed by atoms with Crippen molar-refractivity contribution in [3.8, 4) is 16.9 Å². The number of halogens is 1. The molecule has 0 saturated carbocycles. The standard InChI is InChI=1S/C19H15ClN2O/c20-13-10-8-12(9-11-13)19-22-18-15(5-3-7-17(18)23-19)14-4-1-2-6-16(14)21/h1-11,19,22H,21H2. The Balaban J connectivity index is 1.73. The molecule has 4 rings (SSSR count). The average Bonchev–Trinajstić information content (AvgIpc) is 3.00. The van der Waals surface area contributed by atoms with Crippen molar-refractivity contribution in [3.63, 3.8) is 0 Å². The summed E-state index contributed by atoms with van der Waals surface area (Å²) in [7, 11) is 0. The van der Waals surface area contributed by atoms with E-state index in [1.165, 1.54) is 0 Å². The van der Waals surface area contributed by atoms with Gasteiger partial charge in [-0.15, -0.1) is 0 Å². The summed E-state index contributed by atoms with van der Waals surface area (Å²) in [5.41, 5.74) is 10.9. The van der Waals surface area contributed by atoms with Crippen molar-refractivity contribution in [1.82, 2.24) is 0 Å². The molecule has 1 unspecified atom stereocenters. The molecule has 4 heteroatoms. The molecule has 23 heavy (non-hydrogen) atoms. The topological polar surface area (TPSA) is 47.3 Å². The molecule has 3 nitrogen and oxygen atoms in total.